The molecule has 0 saturated heterocycles. The molecule has 1 radical (unpaired) electrons. The number of nitrogens with zero attached hydrogens (tertiary/aromatic N) is 1. The number of allylic oxidation sites excluding steroid dienone is 2. The minimum Gasteiger partial charge on any atom is -0.512 e. The van der Waals surface area contributed by atoms with Crippen LogP contribution in [-0.4, -0.2) is 15.9 Å². The molecule has 6 rings (SSSR count). The Labute approximate surface area is 352 Å². The molecule has 3 aromatic heterocycles. The van der Waals surface area contributed by atoms with Crippen LogP contribution < -0.4 is 0 Å². The van der Waals surface area contributed by atoms with Crippen LogP contribution in [0.2, 0.25) is 0 Å². The van der Waals surface area contributed by atoms with Crippen LogP contribution in [0.5, 0.6) is 0 Å². The van der Waals surface area contributed by atoms with Gasteiger partial charge in [0.15, 0.2) is 5.78 Å². The van der Waals surface area contributed by atoms with Crippen molar-refractivity contribution in [2.45, 2.75) is 121 Å². The summed E-state index contributed by atoms with van der Waals surface area (Å²) in [5.41, 5.74) is 5.68. The van der Waals surface area contributed by atoms with Crippen LogP contribution in [0.3, 0.4) is 0 Å². The summed E-state index contributed by atoms with van der Waals surface area (Å²) in [7, 11) is 0. The molecule has 0 bridgehead atoms. The molecule has 3 aromatic carbocycles. The first kappa shape index (κ1) is 44.6. The minimum atomic E-state index is -0.337. The topological polar surface area (TPSA) is 50.2 Å². The predicted octanol–water partition coefficient (Wildman–Crippen LogP) is 15.3. The number of pyridine rings is 1. The van der Waals surface area contributed by atoms with Crippen molar-refractivity contribution in [2.75, 3.05) is 0 Å². The van der Waals surface area contributed by atoms with E-state index in [0.717, 1.165) is 48.7 Å². The second-order valence-corrected chi connectivity index (χ2v) is 19.3. The van der Waals surface area contributed by atoms with Gasteiger partial charge in [0.2, 0.25) is 0 Å². The molecule has 0 aliphatic rings. The van der Waals surface area contributed by atoms with Gasteiger partial charge in [-0.3, -0.25) is 9.78 Å². The Morgan fingerprint density at radius 2 is 1.51 bits per heavy atom. The third kappa shape index (κ3) is 9.53. The van der Waals surface area contributed by atoms with E-state index in [-0.39, 0.29) is 47.9 Å². The molecule has 0 unspecified atom stereocenters. The Morgan fingerprint density at radius 1 is 0.855 bits per heavy atom. The van der Waals surface area contributed by atoms with Gasteiger partial charge in [-0.25, -0.2) is 0 Å². The normalized spacial score (nSPS) is 12.6. The van der Waals surface area contributed by atoms with Crippen molar-refractivity contribution in [3.8, 4) is 21.7 Å². The number of ketones is 1. The zero-order chi connectivity index (χ0) is 39.6. The van der Waals surface area contributed by atoms with Crippen molar-refractivity contribution in [1.82, 2.24) is 4.98 Å². The summed E-state index contributed by atoms with van der Waals surface area (Å²) in [4.78, 5) is 19.8. The number of fused-ring (bicyclic) bond motifs is 3. The van der Waals surface area contributed by atoms with Gasteiger partial charge in [-0.1, -0.05) is 111 Å². The van der Waals surface area contributed by atoms with Crippen molar-refractivity contribution in [2.24, 2.45) is 16.7 Å². The van der Waals surface area contributed by atoms with E-state index in [2.05, 4.69) is 108 Å². The third-order valence-corrected chi connectivity index (χ3v) is 14.0. The molecule has 3 heterocycles. The molecule has 0 atom stereocenters. The maximum Gasteiger partial charge on any atom is 0.164 e. The minimum absolute atomic E-state index is 0. The number of aliphatic hydroxyl groups excluding tert-OH is 1. The smallest absolute Gasteiger partial charge is 0.164 e. The van der Waals surface area contributed by atoms with E-state index in [4.69, 9.17) is 4.98 Å². The molecule has 0 fully saturated rings. The number of thiophene rings is 2. The van der Waals surface area contributed by atoms with E-state index in [1.165, 1.54) is 58.1 Å². The molecule has 55 heavy (non-hydrogen) atoms. The van der Waals surface area contributed by atoms with E-state index in [1.807, 2.05) is 70.4 Å². The Kier molecular flexibility index (Phi) is 14.6. The van der Waals surface area contributed by atoms with Crippen molar-refractivity contribution in [3.05, 3.63) is 101 Å². The van der Waals surface area contributed by atoms with Crippen LogP contribution in [-0.2, 0) is 36.7 Å². The average molecular weight is 951 g/mol. The number of benzene rings is 3. The van der Waals surface area contributed by atoms with E-state index < -0.39 is 0 Å². The fraction of sp³-hybridized carbons (Fsp3) is 0.429. The van der Waals surface area contributed by atoms with Crippen LogP contribution in [0.1, 0.15) is 118 Å². The largest absolute Gasteiger partial charge is 0.512 e. The summed E-state index contributed by atoms with van der Waals surface area (Å²) in [6.45, 7) is 25.8. The molecule has 0 aliphatic carbocycles. The van der Waals surface area contributed by atoms with Crippen LogP contribution in [0.4, 0.5) is 0 Å². The van der Waals surface area contributed by atoms with Crippen LogP contribution in [0.25, 0.3) is 52.6 Å². The first-order valence-electron chi connectivity index (χ1n) is 19.8. The fourth-order valence-electron chi connectivity index (χ4n) is 7.11. The molecule has 295 valence electrons. The number of carbonyl (C=O) groups excluding carboxylic acids is 1. The molecule has 3 nitrogen and oxygen atoms in total. The van der Waals surface area contributed by atoms with Crippen molar-refractivity contribution < 1.29 is 30.0 Å². The number of aryl methyl sites for hydroxylation is 1. The van der Waals surface area contributed by atoms with Gasteiger partial charge >= 0.3 is 0 Å². The molecule has 0 aliphatic heterocycles. The van der Waals surface area contributed by atoms with Crippen LogP contribution in [0.15, 0.2) is 78.7 Å². The monoisotopic (exact) mass is 951 g/mol. The second kappa shape index (κ2) is 18.0. The summed E-state index contributed by atoms with van der Waals surface area (Å²) in [5, 5.41) is 15.2. The zero-order valence-corrected chi connectivity index (χ0v) is 39.0. The van der Waals surface area contributed by atoms with E-state index in [1.54, 1.807) is 0 Å². The summed E-state index contributed by atoms with van der Waals surface area (Å²) in [5.74, 6) is 0.934. The summed E-state index contributed by atoms with van der Waals surface area (Å²) in [6.07, 6.45) is 7.82. The van der Waals surface area contributed by atoms with Gasteiger partial charge in [0.25, 0.3) is 0 Å². The maximum atomic E-state index is 12.2. The number of rotatable bonds is 11. The summed E-state index contributed by atoms with van der Waals surface area (Å²) in [6, 6.07) is 26.2. The average Bonchev–Trinajstić information content (AvgIpc) is 3.72. The fourth-order valence-corrected chi connectivity index (χ4v) is 9.51. The van der Waals surface area contributed by atoms with Gasteiger partial charge in [0.05, 0.1) is 0 Å². The van der Waals surface area contributed by atoms with Gasteiger partial charge < -0.3 is 5.11 Å². The van der Waals surface area contributed by atoms with E-state index in [9.17, 15) is 9.90 Å². The van der Waals surface area contributed by atoms with E-state index >= 15 is 0 Å². The van der Waals surface area contributed by atoms with Gasteiger partial charge in [-0.15, -0.1) is 51.8 Å². The molecule has 0 saturated carbocycles. The quantitative estimate of drug-likeness (QED) is 0.0800. The van der Waals surface area contributed by atoms with E-state index in [0.29, 0.717) is 5.92 Å². The Morgan fingerprint density at radius 3 is 2.13 bits per heavy atom. The molecular formula is C49H60IrNO2S2-. The molecule has 6 aromatic rings. The predicted molar refractivity (Wildman–Crippen MR) is 237 cm³/mol. The SMILES string of the molecule is CCC(C)(CC)C(=O)/C=C(\O)C(C)(CC)CC.Cc1sc2ccc(CC(C)C)cc2c1-c1cc2ccnc(-c3[c-]c4ccccc4c(C(C)(C)C)c3)c2s1.[Ir]. The number of aromatic nitrogens is 1. The molecule has 6 heteroatoms. The Balaban J connectivity index is 0.000000320. The van der Waals surface area contributed by atoms with Crippen molar-refractivity contribution >= 4 is 59.4 Å². The zero-order valence-electron chi connectivity index (χ0n) is 35.0. The molecular weight excluding hydrogens is 891 g/mol. The summed E-state index contributed by atoms with van der Waals surface area (Å²) >= 11 is 3.77. The third-order valence-electron chi connectivity index (χ3n) is 11.7. The van der Waals surface area contributed by atoms with Gasteiger partial charge in [-0.2, -0.15) is 0 Å². The van der Waals surface area contributed by atoms with Gasteiger partial charge in [0.1, 0.15) is 5.76 Å². The van der Waals surface area contributed by atoms with Gasteiger partial charge in [-0.05, 0) is 85.6 Å². The molecule has 0 amide bonds. The van der Waals surface area contributed by atoms with Crippen molar-refractivity contribution in [3.63, 3.8) is 0 Å². The van der Waals surface area contributed by atoms with Crippen LogP contribution >= 0.6 is 22.7 Å². The molecule has 1 N–H and O–H groups in total. The Bertz CT molecular complexity index is 2290. The second-order valence-electron chi connectivity index (χ2n) is 17.0. The number of hydrogen-bond acceptors (Lipinski definition) is 5. The van der Waals surface area contributed by atoms with Gasteiger partial charge in [0, 0.05) is 79.0 Å². The van der Waals surface area contributed by atoms with Crippen LogP contribution in [0, 0.1) is 29.7 Å². The first-order chi connectivity index (χ1) is 25.5. The number of hydrogen-bond donors (Lipinski definition) is 1. The maximum absolute atomic E-state index is 12.2. The van der Waals surface area contributed by atoms with Crippen molar-refractivity contribution in [1.29, 1.82) is 0 Å². The first-order valence-corrected chi connectivity index (χ1v) is 21.4. The standard InChI is InChI=1S/C34H32NS2.C15H28O2.Ir/c1-20(2)15-22-11-12-29-27(16-22)31(21(3)36-29)30-19-24-13-14-35-32(33(24)37-30)25-17-23-9-7-8-10-26(23)28(18-25)34(4,5)6;1-7-14(5,8-2)12(16)11-13(17)15(6,9-3)10-4;/h7-14,16,18-20H,15H2,1-6H3;11,16H,7-10H2,1-6H3;/q-1;;/b;12-11-;. The number of carbonyl (C=O) groups is 1. The summed E-state index contributed by atoms with van der Waals surface area (Å²) < 4.78 is 2.61. The molecule has 0 spiro atoms. The Hall–Kier alpha value is -3.15. The number of aliphatic hydroxyl groups is 1.